The third-order valence-electron chi connectivity index (χ3n) is 6.61. The van der Waals surface area contributed by atoms with E-state index in [0.717, 1.165) is 40.0 Å². The summed E-state index contributed by atoms with van der Waals surface area (Å²) in [5, 5.41) is 4.64. The summed E-state index contributed by atoms with van der Waals surface area (Å²) in [7, 11) is 1.71. The van der Waals surface area contributed by atoms with Crippen LogP contribution in [0.1, 0.15) is 29.4 Å². The van der Waals surface area contributed by atoms with E-state index >= 15 is 0 Å². The van der Waals surface area contributed by atoms with Gasteiger partial charge in [0.15, 0.2) is 0 Å². The third kappa shape index (κ3) is 5.29. The lowest BCUT2D eigenvalue weighted by Gasteiger charge is -2.25. The summed E-state index contributed by atoms with van der Waals surface area (Å²) >= 11 is 6.51. The molecule has 0 fully saturated rings. The number of anilines is 1. The number of amides is 2. The van der Waals surface area contributed by atoms with E-state index in [-0.39, 0.29) is 18.2 Å². The molecule has 0 aliphatic heterocycles. The van der Waals surface area contributed by atoms with Crippen LogP contribution >= 0.6 is 11.6 Å². The number of rotatable bonds is 8. The zero-order chi connectivity index (χ0) is 25.8. The molecular formula is C29H31ClN4O2. The minimum atomic E-state index is -0.727. The van der Waals surface area contributed by atoms with Crippen LogP contribution in [0.3, 0.4) is 0 Å². The highest BCUT2D eigenvalue weighted by atomic mass is 35.5. The Balaban J connectivity index is 1.61. The smallest absolute Gasteiger partial charge is 0.249 e. The number of halogens is 1. The Morgan fingerprint density at radius 1 is 1.06 bits per heavy atom. The van der Waals surface area contributed by atoms with Gasteiger partial charge in [0.05, 0.1) is 28.8 Å². The Bertz CT molecular complexity index is 1380. The summed E-state index contributed by atoms with van der Waals surface area (Å²) in [6.07, 6.45) is 2.21. The van der Waals surface area contributed by atoms with Crippen molar-refractivity contribution < 1.29 is 9.59 Å². The lowest BCUT2D eigenvalue weighted by molar-refractivity contribution is -0.127. The Labute approximate surface area is 216 Å². The van der Waals surface area contributed by atoms with Gasteiger partial charge in [-0.25, -0.2) is 0 Å². The number of aromatic nitrogens is 2. The largest absolute Gasteiger partial charge is 0.344 e. The molecule has 0 aliphatic carbocycles. The minimum absolute atomic E-state index is 0.157. The predicted molar refractivity (Wildman–Crippen MR) is 146 cm³/mol. The van der Waals surface area contributed by atoms with E-state index in [1.54, 1.807) is 18.1 Å². The lowest BCUT2D eigenvalue weighted by atomic mass is 10.0. The fourth-order valence-corrected chi connectivity index (χ4v) is 4.93. The number of nitrogens with one attached hydrogen (secondary N) is 1. The molecule has 6 nitrogen and oxygen atoms in total. The van der Waals surface area contributed by atoms with Gasteiger partial charge in [-0.05, 0) is 50.1 Å². The van der Waals surface area contributed by atoms with Crippen molar-refractivity contribution in [2.45, 2.75) is 46.2 Å². The predicted octanol–water partition coefficient (Wildman–Crippen LogP) is 5.26. The lowest BCUT2D eigenvalue weighted by Crippen LogP contribution is -2.49. The van der Waals surface area contributed by atoms with Gasteiger partial charge < -0.3 is 14.8 Å². The molecular weight excluding hydrogens is 472 g/mol. The summed E-state index contributed by atoms with van der Waals surface area (Å²) in [5.41, 5.74) is 5.38. The standard InChI is InChI=1S/C29H31ClN4O2/c1-5-34-20(3)24(23-12-9-13-25(30)28(23)34)17-27(35)32-26(16-21-10-7-6-8-11-21)29(36)33(4)22-15-14-19(2)31-18-22/h6-15,18,26H,5,16-17H2,1-4H3,(H,32,35)/t26-/m0/s1. The highest BCUT2D eigenvalue weighted by molar-refractivity contribution is 6.35. The van der Waals surface area contributed by atoms with Crippen molar-refractivity contribution in [1.82, 2.24) is 14.9 Å². The molecule has 0 aliphatic rings. The molecule has 0 saturated carbocycles. The number of likely N-dealkylation sites (N-methyl/N-ethyl adjacent to an activating group) is 1. The molecule has 1 N–H and O–H groups in total. The van der Waals surface area contributed by atoms with Crippen molar-refractivity contribution in [2.24, 2.45) is 0 Å². The second-order valence-corrected chi connectivity index (χ2v) is 9.39. The van der Waals surface area contributed by atoms with Crippen molar-refractivity contribution in [2.75, 3.05) is 11.9 Å². The van der Waals surface area contributed by atoms with Crippen LogP contribution < -0.4 is 10.2 Å². The molecule has 1 atom stereocenters. The van der Waals surface area contributed by atoms with Gasteiger partial charge in [-0.1, -0.05) is 54.1 Å². The van der Waals surface area contributed by atoms with E-state index in [1.807, 2.05) is 74.5 Å². The minimum Gasteiger partial charge on any atom is -0.344 e. The first-order valence-electron chi connectivity index (χ1n) is 12.1. The molecule has 2 heterocycles. The van der Waals surface area contributed by atoms with Crippen molar-refractivity contribution >= 4 is 40.0 Å². The van der Waals surface area contributed by atoms with E-state index in [1.165, 1.54) is 0 Å². The van der Waals surface area contributed by atoms with Gasteiger partial charge in [0.1, 0.15) is 6.04 Å². The van der Waals surface area contributed by atoms with E-state index in [9.17, 15) is 9.59 Å². The van der Waals surface area contributed by atoms with Crippen LogP contribution in [0, 0.1) is 13.8 Å². The highest BCUT2D eigenvalue weighted by Gasteiger charge is 2.26. The Morgan fingerprint density at radius 2 is 1.81 bits per heavy atom. The molecule has 0 bridgehead atoms. The number of benzene rings is 2. The monoisotopic (exact) mass is 502 g/mol. The maximum atomic E-state index is 13.6. The number of carbonyl (C=O) groups is 2. The van der Waals surface area contributed by atoms with E-state index in [0.29, 0.717) is 17.1 Å². The van der Waals surface area contributed by atoms with Crippen LogP contribution in [-0.2, 0) is 29.0 Å². The van der Waals surface area contributed by atoms with E-state index in [4.69, 9.17) is 11.6 Å². The first-order valence-corrected chi connectivity index (χ1v) is 12.5. The Hall–Kier alpha value is -3.64. The Morgan fingerprint density at radius 3 is 2.47 bits per heavy atom. The summed E-state index contributed by atoms with van der Waals surface area (Å²) in [6, 6.07) is 18.5. The maximum Gasteiger partial charge on any atom is 0.249 e. The van der Waals surface area contributed by atoms with Crippen molar-refractivity contribution in [3.63, 3.8) is 0 Å². The number of hydrogen-bond donors (Lipinski definition) is 1. The van der Waals surface area contributed by atoms with E-state index in [2.05, 4.69) is 21.8 Å². The summed E-state index contributed by atoms with van der Waals surface area (Å²) < 4.78 is 2.13. The number of para-hydroxylation sites is 1. The maximum absolute atomic E-state index is 13.6. The molecule has 4 aromatic rings. The van der Waals surface area contributed by atoms with Gasteiger partial charge in [-0.3, -0.25) is 14.6 Å². The molecule has 36 heavy (non-hydrogen) atoms. The molecule has 0 radical (unpaired) electrons. The molecule has 7 heteroatoms. The average molecular weight is 503 g/mol. The van der Waals surface area contributed by atoms with Gasteiger partial charge in [-0.2, -0.15) is 0 Å². The topological polar surface area (TPSA) is 67.2 Å². The third-order valence-corrected chi connectivity index (χ3v) is 6.91. The van der Waals surface area contributed by atoms with Gasteiger partial charge in [0.2, 0.25) is 11.8 Å². The van der Waals surface area contributed by atoms with Crippen LogP contribution in [0.25, 0.3) is 10.9 Å². The summed E-state index contributed by atoms with van der Waals surface area (Å²) in [6.45, 7) is 6.71. The number of carbonyl (C=O) groups excluding carboxylic acids is 2. The second kappa shape index (κ2) is 11.0. The average Bonchev–Trinajstić information content (AvgIpc) is 3.15. The SMILES string of the molecule is CCn1c(C)c(CC(=O)N[C@@H](Cc2ccccc2)C(=O)N(C)c2ccc(C)nc2)c2cccc(Cl)c21. The first-order chi connectivity index (χ1) is 17.3. The molecule has 0 spiro atoms. The molecule has 2 amide bonds. The molecule has 2 aromatic carbocycles. The first kappa shape index (κ1) is 25.5. The van der Waals surface area contributed by atoms with Crippen molar-refractivity contribution in [1.29, 1.82) is 0 Å². The molecule has 186 valence electrons. The quantitative estimate of drug-likeness (QED) is 0.357. The number of aryl methyl sites for hydroxylation is 2. The molecule has 4 rings (SSSR count). The fourth-order valence-electron chi connectivity index (χ4n) is 4.65. The zero-order valence-corrected chi connectivity index (χ0v) is 21.8. The number of nitrogens with zero attached hydrogens (tertiary/aromatic N) is 3. The Kier molecular flexibility index (Phi) is 7.75. The van der Waals surface area contributed by atoms with Gasteiger partial charge in [0, 0.05) is 36.8 Å². The van der Waals surface area contributed by atoms with Crippen molar-refractivity contribution in [3.8, 4) is 0 Å². The number of hydrogen-bond acceptors (Lipinski definition) is 3. The fraction of sp³-hybridized carbons (Fsp3) is 0.276. The van der Waals surface area contributed by atoms with Gasteiger partial charge >= 0.3 is 0 Å². The van der Waals surface area contributed by atoms with Crippen molar-refractivity contribution in [3.05, 3.63) is 94.4 Å². The van der Waals surface area contributed by atoms with E-state index < -0.39 is 6.04 Å². The summed E-state index contributed by atoms with van der Waals surface area (Å²) in [4.78, 5) is 32.8. The number of fused-ring (bicyclic) bond motifs is 1. The zero-order valence-electron chi connectivity index (χ0n) is 21.1. The van der Waals surface area contributed by atoms with Crippen LogP contribution in [0.15, 0.2) is 66.9 Å². The summed E-state index contributed by atoms with van der Waals surface area (Å²) in [5.74, 6) is -0.411. The van der Waals surface area contributed by atoms with Crippen LogP contribution in [-0.4, -0.2) is 34.5 Å². The van der Waals surface area contributed by atoms with Crippen LogP contribution in [0.5, 0.6) is 0 Å². The van der Waals surface area contributed by atoms with Crippen LogP contribution in [0.4, 0.5) is 5.69 Å². The van der Waals surface area contributed by atoms with Gasteiger partial charge in [0.25, 0.3) is 0 Å². The molecule has 2 aromatic heterocycles. The molecule has 0 unspecified atom stereocenters. The van der Waals surface area contributed by atoms with Crippen LogP contribution in [0.2, 0.25) is 5.02 Å². The second-order valence-electron chi connectivity index (χ2n) is 8.99. The highest BCUT2D eigenvalue weighted by Crippen LogP contribution is 2.31. The molecule has 0 saturated heterocycles. The number of pyridine rings is 1. The van der Waals surface area contributed by atoms with Gasteiger partial charge in [-0.15, -0.1) is 0 Å². The normalized spacial score (nSPS) is 11.9.